The van der Waals surface area contributed by atoms with Crippen molar-refractivity contribution >= 4 is 5.97 Å². The average molecular weight is 333 g/mol. The fraction of sp³-hybridized carbons (Fsp3) is 0.643. The van der Waals surface area contributed by atoms with Crippen LogP contribution in [0.5, 0.6) is 5.88 Å². The van der Waals surface area contributed by atoms with Crippen molar-refractivity contribution in [3.8, 4) is 5.88 Å². The molecule has 0 spiro atoms. The number of carboxylic acid groups (broad SMARTS) is 1. The van der Waals surface area contributed by atoms with Gasteiger partial charge in [0.15, 0.2) is 0 Å². The molecule has 3 rings (SSSR count). The molecule has 6 nitrogen and oxygen atoms in total. The third-order valence-corrected chi connectivity index (χ3v) is 3.73. The van der Waals surface area contributed by atoms with Gasteiger partial charge in [-0.2, -0.15) is 18.3 Å². The number of alkyl halides is 3. The van der Waals surface area contributed by atoms with Gasteiger partial charge in [-0.3, -0.25) is 0 Å². The summed E-state index contributed by atoms with van der Waals surface area (Å²) >= 11 is 0. The number of aliphatic carboxylic acids is 1. The number of ether oxygens (including phenoxy) is 1. The molecule has 2 saturated heterocycles. The molecular weight excluding hydrogens is 315 g/mol. The highest BCUT2D eigenvalue weighted by molar-refractivity contribution is 5.73. The highest BCUT2D eigenvalue weighted by atomic mass is 19.4. The highest BCUT2D eigenvalue weighted by Gasteiger charge is 2.38. The van der Waals surface area contributed by atoms with Crippen LogP contribution in [-0.4, -0.2) is 45.6 Å². The lowest BCUT2D eigenvalue weighted by atomic mass is 10.0. The number of rotatable bonds is 2. The summed E-state index contributed by atoms with van der Waals surface area (Å²) in [5.41, 5.74) is 0.928. The number of halogens is 3. The Balaban J connectivity index is 0.000000236. The molecule has 128 valence electrons. The Bertz CT molecular complexity index is 524. The second kappa shape index (κ2) is 7.12. The predicted molar refractivity (Wildman–Crippen MR) is 74.1 cm³/mol. The Morgan fingerprint density at radius 2 is 1.83 bits per heavy atom. The first-order chi connectivity index (χ1) is 10.7. The predicted octanol–water partition coefficient (Wildman–Crippen LogP) is 2.08. The molecule has 1 aromatic rings. The summed E-state index contributed by atoms with van der Waals surface area (Å²) in [6.07, 6.45) is 0.0301. The number of nitrogens with one attached hydrogen (secondary N) is 1. The normalized spacial score (nSPS) is 26.2. The van der Waals surface area contributed by atoms with Crippen LogP contribution in [0.25, 0.3) is 0 Å². The maximum atomic E-state index is 10.6. The van der Waals surface area contributed by atoms with Gasteiger partial charge in [-0.1, -0.05) is 0 Å². The van der Waals surface area contributed by atoms with Gasteiger partial charge in [0, 0.05) is 18.2 Å². The zero-order chi connectivity index (χ0) is 17.0. The molecule has 0 aliphatic carbocycles. The minimum Gasteiger partial charge on any atom is -0.475 e. The summed E-state index contributed by atoms with van der Waals surface area (Å²) in [5.74, 6) is -2.09. The molecule has 0 saturated carbocycles. The maximum absolute atomic E-state index is 10.6. The third kappa shape index (κ3) is 5.34. The molecule has 3 atom stereocenters. The summed E-state index contributed by atoms with van der Waals surface area (Å²) in [6, 6.07) is 5.16. The SMILES string of the molecule is Cc1ccc(O[C@@H]2C[C@H]3CC[C@@H](C2)N3)nn1.O=C(O)C(F)(F)F. The first-order valence-corrected chi connectivity index (χ1v) is 7.27. The van der Waals surface area contributed by atoms with Crippen LogP contribution in [0.15, 0.2) is 12.1 Å². The minimum atomic E-state index is -5.08. The minimum absolute atomic E-state index is 0.316. The molecule has 3 heterocycles. The van der Waals surface area contributed by atoms with E-state index in [0.29, 0.717) is 24.1 Å². The zero-order valence-electron chi connectivity index (χ0n) is 12.5. The lowest BCUT2D eigenvalue weighted by molar-refractivity contribution is -0.192. The van der Waals surface area contributed by atoms with Crippen LogP contribution in [0.4, 0.5) is 13.2 Å². The molecule has 9 heteroatoms. The van der Waals surface area contributed by atoms with Gasteiger partial charge in [0.2, 0.25) is 5.88 Å². The van der Waals surface area contributed by atoms with Crippen molar-refractivity contribution < 1.29 is 27.8 Å². The molecule has 2 fully saturated rings. The lowest BCUT2D eigenvalue weighted by Crippen LogP contribution is -2.42. The van der Waals surface area contributed by atoms with Crippen molar-refractivity contribution in [1.82, 2.24) is 15.5 Å². The standard InChI is InChI=1S/C12H17N3O.C2HF3O2/c1-8-2-5-12(15-14-8)16-11-6-9-3-4-10(7-11)13-9;3-2(4,5)1(6)7/h2,5,9-11,13H,3-4,6-7H2,1H3;(H,6,7)/t9-,10+,11-;. The van der Waals surface area contributed by atoms with Gasteiger partial charge in [-0.15, -0.1) is 5.10 Å². The molecule has 2 bridgehead atoms. The van der Waals surface area contributed by atoms with Crippen LogP contribution in [0.2, 0.25) is 0 Å². The van der Waals surface area contributed by atoms with E-state index in [-0.39, 0.29) is 0 Å². The number of hydrogen-bond donors (Lipinski definition) is 2. The van der Waals surface area contributed by atoms with E-state index in [1.165, 1.54) is 12.8 Å². The molecule has 0 amide bonds. The van der Waals surface area contributed by atoms with E-state index >= 15 is 0 Å². The molecule has 0 aromatic carbocycles. The van der Waals surface area contributed by atoms with E-state index in [1.807, 2.05) is 19.1 Å². The van der Waals surface area contributed by atoms with Gasteiger partial charge in [0.05, 0.1) is 5.69 Å². The van der Waals surface area contributed by atoms with Crippen molar-refractivity contribution in [1.29, 1.82) is 0 Å². The highest BCUT2D eigenvalue weighted by Crippen LogP contribution is 2.28. The number of hydrogen-bond acceptors (Lipinski definition) is 5. The Kier molecular flexibility index (Phi) is 5.40. The molecule has 0 radical (unpaired) electrons. The van der Waals surface area contributed by atoms with Crippen LogP contribution in [0.1, 0.15) is 31.4 Å². The Hall–Kier alpha value is -1.90. The zero-order valence-corrected chi connectivity index (χ0v) is 12.5. The van der Waals surface area contributed by atoms with Crippen molar-refractivity contribution in [2.75, 3.05) is 0 Å². The number of fused-ring (bicyclic) bond motifs is 2. The Morgan fingerprint density at radius 1 is 1.26 bits per heavy atom. The van der Waals surface area contributed by atoms with Crippen molar-refractivity contribution in [3.63, 3.8) is 0 Å². The van der Waals surface area contributed by atoms with Crippen molar-refractivity contribution in [2.45, 2.75) is 57.0 Å². The van der Waals surface area contributed by atoms with E-state index in [2.05, 4.69) is 15.5 Å². The quantitative estimate of drug-likeness (QED) is 0.862. The van der Waals surface area contributed by atoms with Crippen LogP contribution < -0.4 is 10.1 Å². The second-order valence-electron chi connectivity index (χ2n) is 5.66. The molecule has 2 N–H and O–H groups in total. The van der Waals surface area contributed by atoms with Crippen LogP contribution >= 0.6 is 0 Å². The molecule has 0 unspecified atom stereocenters. The molecular formula is C14H18F3N3O3. The molecule has 23 heavy (non-hydrogen) atoms. The van der Waals surface area contributed by atoms with Gasteiger partial charge in [-0.25, -0.2) is 4.79 Å². The van der Waals surface area contributed by atoms with Crippen molar-refractivity contribution in [2.24, 2.45) is 0 Å². The van der Waals surface area contributed by atoms with E-state index in [1.54, 1.807) is 0 Å². The largest absolute Gasteiger partial charge is 0.490 e. The average Bonchev–Trinajstić information content (AvgIpc) is 2.80. The number of piperidine rings is 1. The number of aromatic nitrogens is 2. The first kappa shape index (κ1) is 17.5. The second-order valence-corrected chi connectivity index (χ2v) is 5.66. The van der Waals surface area contributed by atoms with E-state index in [0.717, 1.165) is 18.5 Å². The van der Waals surface area contributed by atoms with Crippen LogP contribution in [-0.2, 0) is 4.79 Å². The maximum Gasteiger partial charge on any atom is 0.490 e. The number of carboxylic acids is 1. The van der Waals surface area contributed by atoms with Gasteiger partial charge >= 0.3 is 12.1 Å². The number of carbonyl (C=O) groups is 1. The van der Waals surface area contributed by atoms with Gasteiger partial charge in [0.1, 0.15) is 6.10 Å². The lowest BCUT2D eigenvalue weighted by Gasteiger charge is -2.28. The van der Waals surface area contributed by atoms with E-state index < -0.39 is 12.1 Å². The molecule has 1 aromatic heterocycles. The molecule has 2 aliphatic rings. The fourth-order valence-electron chi connectivity index (χ4n) is 2.72. The summed E-state index contributed by atoms with van der Waals surface area (Å²) in [7, 11) is 0. The van der Waals surface area contributed by atoms with Crippen molar-refractivity contribution in [3.05, 3.63) is 17.8 Å². The number of nitrogens with zero attached hydrogens (tertiary/aromatic N) is 2. The first-order valence-electron chi connectivity index (χ1n) is 7.27. The summed E-state index contributed by atoms with van der Waals surface area (Å²) in [4.78, 5) is 8.90. The number of aryl methyl sites for hydroxylation is 1. The molecule has 2 aliphatic heterocycles. The van der Waals surface area contributed by atoms with Crippen LogP contribution in [0.3, 0.4) is 0 Å². The Labute approximate surface area is 131 Å². The van der Waals surface area contributed by atoms with E-state index in [4.69, 9.17) is 14.6 Å². The third-order valence-electron chi connectivity index (χ3n) is 3.73. The fourth-order valence-corrected chi connectivity index (χ4v) is 2.72. The van der Waals surface area contributed by atoms with Gasteiger partial charge in [-0.05, 0) is 38.7 Å². The monoisotopic (exact) mass is 333 g/mol. The smallest absolute Gasteiger partial charge is 0.475 e. The van der Waals surface area contributed by atoms with Gasteiger partial charge in [0.25, 0.3) is 0 Å². The topological polar surface area (TPSA) is 84.3 Å². The van der Waals surface area contributed by atoms with E-state index in [9.17, 15) is 13.2 Å². The van der Waals surface area contributed by atoms with Crippen LogP contribution in [0, 0.1) is 6.92 Å². The summed E-state index contributed by atoms with van der Waals surface area (Å²) < 4.78 is 37.6. The Morgan fingerprint density at radius 3 is 2.26 bits per heavy atom. The summed E-state index contributed by atoms with van der Waals surface area (Å²) in [6.45, 7) is 1.93. The van der Waals surface area contributed by atoms with Gasteiger partial charge < -0.3 is 15.2 Å². The summed E-state index contributed by atoms with van der Waals surface area (Å²) in [5, 5.41) is 18.8.